The summed E-state index contributed by atoms with van der Waals surface area (Å²) in [4.78, 5) is 10.9. The Balaban J connectivity index is 1.92. The Labute approximate surface area is 89.6 Å². The first kappa shape index (κ1) is 9.97. The van der Waals surface area contributed by atoms with Crippen LogP contribution in [0.1, 0.15) is 17.9 Å². The van der Waals surface area contributed by atoms with E-state index in [1.54, 1.807) is 0 Å². The molecular formula is C13H14O2. The summed E-state index contributed by atoms with van der Waals surface area (Å²) < 4.78 is 4.54. The lowest BCUT2D eigenvalue weighted by atomic mass is 10.1. The van der Waals surface area contributed by atoms with E-state index in [9.17, 15) is 4.79 Å². The first-order valence-corrected chi connectivity index (χ1v) is 5.12. The van der Waals surface area contributed by atoms with Gasteiger partial charge in [0.05, 0.1) is 7.11 Å². The van der Waals surface area contributed by atoms with Gasteiger partial charge in [-0.25, -0.2) is 4.79 Å². The van der Waals surface area contributed by atoms with Gasteiger partial charge in [-0.15, -0.1) is 0 Å². The third-order valence-corrected chi connectivity index (χ3v) is 2.75. The van der Waals surface area contributed by atoms with Crippen LogP contribution in [0.2, 0.25) is 0 Å². The van der Waals surface area contributed by atoms with Gasteiger partial charge >= 0.3 is 5.97 Å². The van der Waals surface area contributed by atoms with Crippen molar-refractivity contribution >= 4 is 5.97 Å². The van der Waals surface area contributed by atoms with Gasteiger partial charge in [0, 0.05) is 6.08 Å². The fraction of sp³-hybridized carbons (Fsp3) is 0.308. The van der Waals surface area contributed by atoms with E-state index in [4.69, 9.17) is 0 Å². The summed E-state index contributed by atoms with van der Waals surface area (Å²) in [7, 11) is 1.40. The van der Waals surface area contributed by atoms with Crippen LogP contribution < -0.4 is 0 Å². The molecule has 1 aliphatic rings. The second kappa shape index (κ2) is 4.30. The molecule has 0 spiro atoms. The number of methoxy groups -OCH3 is 1. The van der Waals surface area contributed by atoms with Crippen molar-refractivity contribution in [2.45, 2.75) is 12.3 Å². The molecule has 0 unspecified atom stereocenters. The molecule has 0 radical (unpaired) electrons. The molecule has 1 saturated carbocycles. The maximum atomic E-state index is 10.9. The van der Waals surface area contributed by atoms with E-state index in [1.165, 1.54) is 18.7 Å². The first-order chi connectivity index (χ1) is 7.31. The van der Waals surface area contributed by atoms with Crippen LogP contribution in [0.5, 0.6) is 0 Å². The molecule has 0 aliphatic heterocycles. The van der Waals surface area contributed by atoms with Crippen LogP contribution >= 0.6 is 0 Å². The highest BCUT2D eigenvalue weighted by atomic mass is 16.5. The third-order valence-electron chi connectivity index (χ3n) is 2.75. The fourth-order valence-electron chi connectivity index (χ4n) is 1.78. The standard InChI is InChI=1S/C13H14O2/c1-15-13(14)8-7-11-9-12(11)10-5-3-2-4-6-10/h2-8,11-12H,9H2,1H3/b8-7+/t11-,12-/m1/s1. The zero-order chi connectivity index (χ0) is 10.7. The highest BCUT2D eigenvalue weighted by Crippen LogP contribution is 2.48. The summed E-state index contributed by atoms with van der Waals surface area (Å²) in [5.74, 6) is 0.826. The number of benzene rings is 1. The topological polar surface area (TPSA) is 26.3 Å². The molecule has 0 aromatic heterocycles. The van der Waals surface area contributed by atoms with Crippen molar-refractivity contribution in [2.75, 3.05) is 7.11 Å². The molecule has 2 nitrogen and oxygen atoms in total. The van der Waals surface area contributed by atoms with Crippen molar-refractivity contribution in [1.82, 2.24) is 0 Å². The van der Waals surface area contributed by atoms with E-state index in [1.807, 2.05) is 12.1 Å². The van der Waals surface area contributed by atoms with E-state index in [0.29, 0.717) is 11.8 Å². The van der Waals surface area contributed by atoms with Gasteiger partial charge in [-0.05, 0) is 23.8 Å². The number of ether oxygens (including phenoxy) is 1. The van der Waals surface area contributed by atoms with Gasteiger partial charge in [0.2, 0.25) is 0 Å². The average Bonchev–Trinajstić information content (AvgIpc) is 3.06. The van der Waals surface area contributed by atoms with Crippen molar-refractivity contribution in [3.8, 4) is 0 Å². The molecule has 2 rings (SSSR count). The Morgan fingerprint density at radius 3 is 2.80 bits per heavy atom. The average molecular weight is 202 g/mol. The minimum Gasteiger partial charge on any atom is -0.466 e. The van der Waals surface area contributed by atoms with E-state index in [-0.39, 0.29) is 5.97 Å². The lowest BCUT2D eigenvalue weighted by Gasteiger charge is -1.96. The zero-order valence-electron chi connectivity index (χ0n) is 8.72. The second-order valence-electron chi connectivity index (χ2n) is 3.80. The molecule has 1 fully saturated rings. The van der Waals surface area contributed by atoms with Gasteiger partial charge in [0.25, 0.3) is 0 Å². The molecule has 2 heteroatoms. The molecule has 0 amide bonds. The molecule has 78 valence electrons. The normalized spacial score (nSPS) is 24.1. The summed E-state index contributed by atoms with van der Waals surface area (Å²) in [6, 6.07) is 10.4. The van der Waals surface area contributed by atoms with Crippen molar-refractivity contribution in [2.24, 2.45) is 5.92 Å². The molecule has 1 aromatic carbocycles. The number of allylic oxidation sites excluding steroid dienone is 1. The van der Waals surface area contributed by atoms with Crippen LogP contribution in [0.25, 0.3) is 0 Å². The van der Waals surface area contributed by atoms with Gasteiger partial charge in [-0.1, -0.05) is 36.4 Å². The maximum absolute atomic E-state index is 10.9. The quantitative estimate of drug-likeness (QED) is 0.556. The van der Waals surface area contributed by atoms with Crippen LogP contribution in [0.3, 0.4) is 0 Å². The Morgan fingerprint density at radius 2 is 2.13 bits per heavy atom. The number of esters is 1. The predicted octanol–water partition coefficient (Wildman–Crippen LogP) is 2.52. The molecule has 0 bridgehead atoms. The largest absolute Gasteiger partial charge is 0.466 e. The molecule has 0 N–H and O–H groups in total. The number of hydrogen-bond acceptors (Lipinski definition) is 2. The molecule has 0 saturated heterocycles. The molecule has 15 heavy (non-hydrogen) atoms. The van der Waals surface area contributed by atoms with E-state index in [2.05, 4.69) is 29.0 Å². The van der Waals surface area contributed by atoms with Crippen LogP contribution in [0.15, 0.2) is 42.5 Å². The smallest absolute Gasteiger partial charge is 0.330 e. The van der Waals surface area contributed by atoms with Crippen LogP contribution in [-0.4, -0.2) is 13.1 Å². The Bertz CT molecular complexity index is 367. The van der Waals surface area contributed by atoms with Crippen molar-refractivity contribution in [3.63, 3.8) is 0 Å². The lowest BCUT2D eigenvalue weighted by Crippen LogP contribution is -1.93. The Kier molecular flexibility index (Phi) is 2.86. The summed E-state index contributed by atoms with van der Waals surface area (Å²) in [5.41, 5.74) is 1.36. The molecule has 0 heterocycles. The summed E-state index contributed by atoms with van der Waals surface area (Å²) in [6.07, 6.45) is 4.61. The van der Waals surface area contributed by atoms with Crippen molar-refractivity contribution < 1.29 is 9.53 Å². The number of carbonyl (C=O) groups is 1. The number of rotatable bonds is 3. The van der Waals surface area contributed by atoms with Gasteiger partial charge in [-0.2, -0.15) is 0 Å². The minimum absolute atomic E-state index is 0.270. The number of carbonyl (C=O) groups excluding carboxylic acids is 1. The number of hydrogen-bond donors (Lipinski definition) is 0. The molecule has 2 atom stereocenters. The van der Waals surface area contributed by atoms with E-state index in [0.717, 1.165) is 6.42 Å². The molecule has 1 aromatic rings. The second-order valence-corrected chi connectivity index (χ2v) is 3.80. The van der Waals surface area contributed by atoms with Gasteiger partial charge in [0.1, 0.15) is 0 Å². The monoisotopic (exact) mass is 202 g/mol. The van der Waals surface area contributed by atoms with E-state index < -0.39 is 0 Å². The highest BCUT2D eigenvalue weighted by Gasteiger charge is 2.35. The maximum Gasteiger partial charge on any atom is 0.330 e. The van der Waals surface area contributed by atoms with Gasteiger partial charge in [-0.3, -0.25) is 0 Å². The fourth-order valence-corrected chi connectivity index (χ4v) is 1.78. The minimum atomic E-state index is -0.270. The van der Waals surface area contributed by atoms with Crippen molar-refractivity contribution in [1.29, 1.82) is 0 Å². The molecular weight excluding hydrogens is 188 g/mol. The van der Waals surface area contributed by atoms with E-state index >= 15 is 0 Å². The summed E-state index contributed by atoms with van der Waals surface area (Å²) >= 11 is 0. The van der Waals surface area contributed by atoms with Crippen LogP contribution in [0, 0.1) is 5.92 Å². The van der Waals surface area contributed by atoms with Crippen molar-refractivity contribution in [3.05, 3.63) is 48.0 Å². The lowest BCUT2D eigenvalue weighted by molar-refractivity contribution is -0.134. The molecule has 1 aliphatic carbocycles. The van der Waals surface area contributed by atoms with Gasteiger partial charge < -0.3 is 4.74 Å². The first-order valence-electron chi connectivity index (χ1n) is 5.12. The Morgan fingerprint density at radius 1 is 1.40 bits per heavy atom. The third kappa shape index (κ3) is 2.46. The summed E-state index contributed by atoms with van der Waals surface area (Å²) in [6.45, 7) is 0. The Hall–Kier alpha value is -1.57. The highest BCUT2D eigenvalue weighted by molar-refractivity contribution is 5.81. The predicted molar refractivity (Wildman–Crippen MR) is 58.4 cm³/mol. The zero-order valence-corrected chi connectivity index (χ0v) is 8.72. The van der Waals surface area contributed by atoms with Crippen LogP contribution in [0.4, 0.5) is 0 Å². The SMILES string of the molecule is COC(=O)/C=C/[C@@H]1C[C@@H]1c1ccccc1. The van der Waals surface area contributed by atoms with Gasteiger partial charge in [0.15, 0.2) is 0 Å². The summed E-state index contributed by atoms with van der Waals surface area (Å²) in [5, 5.41) is 0. The van der Waals surface area contributed by atoms with Crippen LogP contribution in [-0.2, 0) is 9.53 Å².